The highest BCUT2D eigenvalue weighted by Gasteiger charge is 2.30. The summed E-state index contributed by atoms with van der Waals surface area (Å²) in [7, 11) is -3.43. The predicted molar refractivity (Wildman–Crippen MR) is 99.0 cm³/mol. The Labute approximate surface area is 154 Å². The zero-order valence-corrected chi connectivity index (χ0v) is 16.1. The molecule has 1 aliphatic carbocycles. The lowest BCUT2D eigenvalue weighted by Crippen LogP contribution is -2.44. The lowest BCUT2D eigenvalue weighted by Gasteiger charge is -2.27. The van der Waals surface area contributed by atoms with E-state index in [1.165, 1.54) is 12.1 Å². The minimum Gasteiger partial charge on any atom is -0.481 e. The normalized spacial score (nSPS) is 21.5. The van der Waals surface area contributed by atoms with Gasteiger partial charge in [0.25, 0.3) is 5.91 Å². The quantitative estimate of drug-likeness (QED) is 0.817. The van der Waals surface area contributed by atoms with Crippen molar-refractivity contribution >= 4 is 21.7 Å². The van der Waals surface area contributed by atoms with E-state index in [-0.39, 0.29) is 4.90 Å². The molecule has 7 heteroatoms. The van der Waals surface area contributed by atoms with Crippen molar-refractivity contribution in [3.63, 3.8) is 0 Å². The van der Waals surface area contributed by atoms with Crippen molar-refractivity contribution in [1.29, 1.82) is 0 Å². The van der Waals surface area contributed by atoms with Crippen molar-refractivity contribution in [1.82, 2.24) is 5.32 Å². The molecule has 1 saturated carbocycles. The van der Waals surface area contributed by atoms with E-state index in [9.17, 15) is 23.1 Å². The van der Waals surface area contributed by atoms with E-state index in [4.69, 9.17) is 0 Å². The van der Waals surface area contributed by atoms with Crippen LogP contribution in [-0.2, 0) is 21.1 Å². The van der Waals surface area contributed by atoms with E-state index >= 15 is 0 Å². The van der Waals surface area contributed by atoms with Gasteiger partial charge in [0.15, 0.2) is 9.84 Å². The highest BCUT2D eigenvalue weighted by atomic mass is 32.2. The minimum absolute atomic E-state index is 0.0901. The molecule has 144 valence electrons. The van der Waals surface area contributed by atoms with Crippen LogP contribution in [0.3, 0.4) is 0 Å². The average Bonchev–Trinajstić information content (AvgIpc) is 2.55. The van der Waals surface area contributed by atoms with Crippen molar-refractivity contribution in [2.45, 2.75) is 62.8 Å². The summed E-state index contributed by atoms with van der Waals surface area (Å²) < 4.78 is 23.6. The number of hydrogen-bond acceptors (Lipinski definition) is 4. The molecule has 1 aromatic rings. The summed E-state index contributed by atoms with van der Waals surface area (Å²) in [4.78, 5) is 24.6. The fraction of sp³-hybridized carbons (Fsp3) is 0.579. The van der Waals surface area contributed by atoms with E-state index in [1.54, 1.807) is 6.07 Å². The summed E-state index contributed by atoms with van der Waals surface area (Å²) in [6, 6.07) is 4.10. The van der Waals surface area contributed by atoms with Gasteiger partial charge >= 0.3 is 5.97 Å². The van der Waals surface area contributed by atoms with Crippen LogP contribution in [0.2, 0.25) is 0 Å². The number of carboxylic acids is 1. The van der Waals surface area contributed by atoms with Gasteiger partial charge in [-0.2, -0.15) is 0 Å². The van der Waals surface area contributed by atoms with Gasteiger partial charge in [0.1, 0.15) is 0 Å². The number of sulfone groups is 1. The Balaban J connectivity index is 2.30. The molecule has 1 amide bonds. The van der Waals surface area contributed by atoms with Gasteiger partial charge in [0.2, 0.25) is 0 Å². The molecule has 1 fully saturated rings. The maximum Gasteiger partial charge on any atom is 0.308 e. The summed E-state index contributed by atoms with van der Waals surface area (Å²) in [5.41, 5.74) is 1.05. The summed E-state index contributed by atoms with van der Waals surface area (Å²) in [5, 5.41) is 12.4. The van der Waals surface area contributed by atoms with Gasteiger partial charge in [-0.15, -0.1) is 0 Å². The molecule has 0 aromatic heterocycles. The predicted octanol–water partition coefficient (Wildman–Crippen LogP) is 2.81. The van der Waals surface area contributed by atoms with Crippen LogP contribution in [0.1, 0.15) is 61.4 Å². The van der Waals surface area contributed by atoms with Crippen molar-refractivity contribution in [2.24, 2.45) is 5.92 Å². The lowest BCUT2D eigenvalue weighted by molar-refractivity contribution is -0.143. The zero-order valence-electron chi connectivity index (χ0n) is 15.3. The van der Waals surface area contributed by atoms with Crippen LogP contribution in [-0.4, -0.2) is 37.7 Å². The van der Waals surface area contributed by atoms with E-state index in [0.717, 1.165) is 37.5 Å². The average molecular weight is 381 g/mol. The Hall–Kier alpha value is -1.89. The molecule has 0 bridgehead atoms. The summed E-state index contributed by atoms with van der Waals surface area (Å²) in [6.45, 7) is 1.89. The standard InChI is InChI=1S/C19H27NO5S/c1-3-13-10-11-14(26(2,24)25)12-16(13)18(21)20-17-9-7-5-4-6-8-15(17)19(22)23/h10-12,15,17H,3-9H2,1-2H3,(H,20,21)(H,22,23). The largest absolute Gasteiger partial charge is 0.481 e. The van der Waals surface area contributed by atoms with E-state index in [0.29, 0.717) is 24.8 Å². The molecule has 1 aliphatic rings. The molecule has 2 N–H and O–H groups in total. The summed E-state index contributed by atoms with van der Waals surface area (Å²) >= 11 is 0. The number of nitrogens with one attached hydrogen (secondary N) is 1. The third-order valence-corrected chi connectivity index (χ3v) is 6.14. The molecule has 0 radical (unpaired) electrons. The van der Waals surface area contributed by atoms with Crippen LogP contribution in [0.25, 0.3) is 0 Å². The third-order valence-electron chi connectivity index (χ3n) is 5.03. The maximum atomic E-state index is 12.8. The molecule has 0 spiro atoms. The Bertz CT molecular complexity index is 772. The molecule has 26 heavy (non-hydrogen) atoms. The molecular formula is C19H27NO5S. The van der Waals surface area contributed by atoms with Gasteiger partial charge in [-0.1, -0.05) is 38.7 Å². The number of benzene rings is 1. The van der Waals surface area contributed by atoms with Crippen molar-refractivity contribution in [2.75, 3.05) is 6.26 Å². The number of aryl methyl sites for hydroxylation is 1. The second-order valence-corrected chi connectivity index (χ2v) is 8.98. The van der Waals surface area contributed by atoms with E-state index in [1.807, 2.05) is 6.92 Å². The Morgan fingerprint density at radius 2 is 1.81 bits per heavy atom. The second kappa shape index (κ2) is 8.66. The van der Waals surface area contributed by atoms with Gasteiger partial charge in [-0.3, -0.25) is 9.59 Å². The number of carboxylic acid groups (broad SMARTS) is 1. The molecule has 0 heterocycles. The van der Waals surface area contributed by atoms with Crippen LogP contribution in [0.4, 0.5) is 0 Å². The third kappa shape index (κ3) is 5.06. The van der Waals surface area contributed by atoms with Crippen molar-refractivity contribution < 1.29 is 23.1 Å². The number of rotatable bonds is 5. The first kappa shape index (κ1) is 20.4. The van der Waals surface area contributed by atoms with Crippen LogP contribution in [0.15, 0.2) is 23.1 Å². The molecule has 0 saturated heterocycles. The molecule has 1 aromatic carbocycles. The maximum absolute atomic E-state index is 12.8. The number of carbonyl (C=O) groups is 2. The fourth-order valence-electron chi connectivity index (χ4n) is 3.50. The van der Waals surface area contributed by atoms with Gasteiger partial charge < -0.3 is 10.4 Å². The molecular weight excluding hydrogens is 354 g/mol. The van der Waals surface area contributed by atoms with Gasteiger partial charge in [0.05, 0.1) is 10.8 Å². The summed E-state index contributed by atoms with van der Waals surface area (Å²) in [6.07, 6.45) is 6.61. The Morgan fingerprint density at radius 1 is 1.15 bits per heavy atom. The molecule has 2 atom stereocenters. The smallest absolute Gasteiger partial charge is 0.308 e. The van der Waals surface area contributed by atoms with E-state index in [2.05, 4.69) is 5.32 Å². The number of carbonyl (C=O) groups excluding carboxylic acids is 1. The first-order valence-electron chi connectivity index (χ1n) is 9.10. The van der Waals surface area contributed by atoms with E-state index < -0.39 is 33.7 Å². The summed E-state index contributed by atoms with van der Waals surface area (Å²) in [5.74, 6) is -1.90. The van der Waals surface area contributed by atoms with Crippen LogP contribution in [0.5, 0.6) is 0 Å². The molecule has 2 rings (SSSR count). The molecule has 6 nitrogen and oxygen atoms in total. The van der Waals surface area contributed by atoms with Gasteiger partial charge in [-0.25, -0.2) is 8.42 Å². The number of amides is 1. The minimum atomic E-state index is -3.43. The highest BCUT2D eigenvalue weighted by Crippen LogP contribution is 2.24. The fourth-order valence-corrected chi connectivity index (χ4v) is 4.15. The first-order valence-corrected chi connectivity index (χ1v) is 11.0. The zero-order chi connectivity index (χ0) is 19.3. The van der Waals surface area contributed by atoms with Crippen molar-refractivity contribution in [3.05, 3.63) is 29.3 Å². The highest BCUT2D eigenvalue weighted by molar-refractivity contribution is 7.90. The topological polar surface area (TPSA) is 101 Å². The van der Waals surface area contributed by atoms with Gasteiger partial charge in [0, 0.05) is 17.9 Å². The number of hydrogen-bond donors (Lipinski definition) is 2. The van der Waals surface area contributed by atoms with Crippen LogP contribution in [0, 0.1) is 5.92 Å². The van der Waals surface area contributed by atoms with Crippen LogP contribution >= 0.6 is 0 Å². The van der Waals surface area contributed by atoms with Crippen LogP contribution < -0.4 is 5.32 Å². The lowest BCUT2D eigenvalue weighted by atomic mass is 9.86. The monoisotopic (exact) mass is 381 g/mol. The van der Waals surface area contributed by atoms with Gasteiger partial charge in [-0.05, 0) is 37.0 Å². The van der Waals surface area contributed by atoms with Crippen molar-refractivity contribution in [3.8, 4) is 0 Å². The molecule has 0 aliphatic heterocycles. The first-order chi connectivity index (χ1) is 12.2. The Kier molecular flexibility index (Phi) is 6.81. The molecule has 2 unspecified atom stereocenters. The Morgan fingerprint density at radius 3 is 2.38 bits per heavy atom. The number of aliphatic carboxylic acids is 1. The second-order valence-electron chi connectivity index (χ2n) is 6.96. The SMILES string of the molecule is CCc1ccc(S(C)(=O)=O)cc1C(=O)NC1CCCCCCC1C(=O)O.